The first-order chi connectivity index (χ1) is 8.12. The summed E-state index contributed by atoms with van der Waals surface area (Å²) in [7, 11) is 3.98. The van der Waals surface area contributed by atoms with Crippen molar-refractivity contribution in [3.8, 4) is 0 Å². The van der Waals surface area contributed by atoms with E-state index in [1.807, 2.05) is 6.92 Å². The summed E-state index contributed by atoms with van der Waals surface area (Å²) >= 11 is 0. The highest BCUT2D eigenvalue weighted by Gasteiger charge is 2.29. The molecule has 1 unspecified atom stereocenters. The lowest BCUT2D eigenvalue weighted by atomic mass is 10.1. The fraction of sp³-hybridized carbons (Fsp3) is 0.917. The van der Waals surface area contributed by atoms with E-state index in [1.165, 1.54) is 13.8 Å². The third-order valence-corrected chi connectivity index (χ3v) is 3.46. The Kier molecular flexibility index (Phi) is 7.84. The van der Waals surface area contributed by atoms with Gasteiger partial charge in [0.2, 0.25) is 5.91 Å². The third-order valence-electron chi connectivity index (χ3n) is 2.11. The Labute approximate surface area is 117 Å². The van der Waals surface area contributed by atoms with Gasteiger partial charge in [-0.3, -0.25) is 4.79 Å². The normalized spacial score (nSPS) is 14.2. The van der Waals surface area contributed by atoms with Crippen LogP contribution in [0.15, 0.2) is 0 Å². The predicted octanol–water partition coefficient (Wildman–Crippen LogP) is 0.752. The van der Waals surface area contributed by atoms with Crippen molar-refractivity contribution in [3.05, 3.63) is 0 Å². The van der Waals surface area contributed by atoms with Crippen LogP contribution in [0.2, 0.25) is 0 Å². The van der Waals surface area contributed by atoms with Crippen molar-refractivity contribution in [3.63, 3.8) is 0 Å². The molecule has 0 aliphatic heterocycles. The van der Waals surface area contributed by atoms with Gasteiger partial charge in [0, 0.05) is 5.92 Å². The van der Waals surface area contributed by atoms with E-state index in [2.05, 4.69) is 33.5 Å². The van der Waals surface area contributed by atoms with E-state index in [9.17, 15) is 17.8 Å². The zero-order chi connectivity index (χ0) is 16.1. The van der Waals surface area contributed by atoms with Crippen molar-refractivity contribution >= 4 is 16.0 Å². The molecule has 19 heavy (non-hydrogen) atoms. The monoisotopic (exact) mass is 296 g/mol. The van der Waals surface area contributed by atoms with Gasteiger partial charge in [0.25, 0.3) is 0 Å². The van der Waals surface area contributed by atoms with E-state index < -0.39 is 20.9 Å². The molecule has 0 bridgehead atoms. The first-order valence-corrected chi connectivity index (χ1v) is 7.59. The number of nitrogens with zero attached hydrogens (tertiary/aromatic N) is 1. The van der Waals surface area contributed by atoms with Crippen molar-refractivity contribution < 1.29 is 22.2 Å². The maximum absolute atomic E-state index is 11.3. The Morgan fingerprint density at radius 1 is 1.26 bits per heavy atom. The van der Waals surface area contributed by atoms with Crippen molar-refractivity contribution in [2.45, 2.75) is 39.0 Å². The summed E-state index contributed by atoms with van der Waals surface area (Å²) in [6, 6.07) is 0. The van der Waals surface area contributed by atoms with E-state index in [-0.39, 0.29) is 5.92 Å². The largest absolute Gasteiger partial charge is 0.746 e. The number of carbonyl (C=O) groups excluding carboxylic acids is 1. The zero-order valence-electron chi connectivity index (χ0n) is 13.3. The van der Waals surface area contributed by atoms with Crippen molar-refractivity contribution in [1.29, 1.82) is 0 Å². The molecule has 0 saturated carbocycles. The number of nitrogens with one attached hydrogen (secondary N) is 1. The highest BCUT2D eigenvalue weighted by atomic mass is 32.2. The van der Waals surface area contributed by atoms with Gasteiger partial charge in [-0.15, -0.1) is 0 Å². The maximum Gasteiger partial charge on any atom is 0.223 e. The van der Waals surface area contributed by atoms with E-state index in [4.69, 9.17) is 0 Å². The standard InChI is InChI=1S/C8H17NO4S.C4H12N/c1-5-6(2)7(10)9-8(3,4)14(11,12)13;1-5(2,3)4/h6H,5H2,1-4H3,(H,9,10)(H,11,12,13);1-4H3/q;+1/p-1. The molecule has 0 aromatic heterocycles. The van der Waals surface area contributed by atoms with Crippen LogP contribution in [0, 0.1) is 5.92 Å². The summed E-state index contributed by atoms with van der Waals surface area (Å²) in [5, 5.41) is 2.21. The molecule has 7 heteroatoms. The number of quaternary nitrogens is 1. The molecule has 1 amide bonds. The van der Waals surface area contributed by atoms with Gasteiger partial charge in [-0.05, 0) is 20.3 Å². The second kappa shape index (κ2) is 7.21. The zero-order valence-corrected chi connectivity index (χ0v) is 14.1. The molecule has 0 aliphatic rings. The average Bonchev–Trinajstić information content (AvgIpc) is 2.11. The van der Waals surface area contributed by atoms with Gasteiger partial charge in [-0.25, -0.2) is 8.42 Å². The molecule has 6 nitrogen and oxygen atoms in total. The molecule has 0 saturated heterocycles. The molecular weight excluding hydrogens is 268 g/mol. The van der Waals surface area contributed by atoms with E-state index in [0.29, 0.717) is 6.42 Å². The SMILES string of the molecule is CCC(C)C(=O)NC(C)(C)S(=O)(=O)[O-].C[N+](C)(C)C. The van der Waals surface area contributed by atoms with Gasteiger partial charge in [0.15, 0.2) is 0 Å². The lowest BCUT2D eigenvalue weighted by Gasteiger charge is -2.30. The van der Waals surface area contributed by atoms with Gasteiger partial charge >= 0.3 is 0 Å². The minimum atomic E-state index is -4.52. The minimum Gasteiger partial charge on any atom is -0.746 e. The van der Waals surface area contributed by atoms with Crippen molar-refractivity contribution in [2.75, 3.05) is 28.2 Å². The fourth-order valence-electron chi connectivity index (χ4n) is 0.668. The molecular formula is C12H28N2O4S. The van der Waals surface area contributed by atoms with Gasteiger partial charge in [0.1, 0.15) is 15.0 Å². The first kappa shape index (κ1) is 20.7. The molecule has 0 fully saturated rings. The molecule has 116 valence electrons. The van der Waals surface area contributed by atoms with Crippen LogP contribution in [-0.4, -0.2) is 56.4 Å². The summed E-state index contributed by atoms with van der Waals surface area (Å²) in [6.45, 7) is 5.83. The molecule has 0 heterocycles. The molecule has 0 spiro atoms. The Bertz CT molecular complexity index is 377. The van der Waals surface area contributed by atoms with Crippen LogP contribution in [0.25, 0.3) is 0 Å². The van der Waals surface area contributed by atoms with Gasteiger partial charge in [-0.2, -0.15) is 0 Å². The summed E-state index contributed by atoms with van der Waals surface area (Å²) in [6.07, 6.45) is 0.598. The Morgan fingerprint density at radius 3 is 1.79 bits per heavy atom. The minimum absolute atomic E-state index is 0.295. The van der Waals surface area contributed by atoms with E-state index >= 15 is 0 Å². The molecule has 1 N–H and O–H groups in total. The molecule has 0 aliphatic carbocycles. The number of hydrogen-bond acceptors (Lipinski definition) is 4. The van der Waals surface area contributed by atoms with Crippen molar-refractivity contribution in [2.24, 2.45) is 5.92 Å². The second-order valence-corrected chi connectivity index (χ2v) is 8.38. The van der Waals surface area contributed by atoms with Gasteiger partial charge in [-0.1, -0.05) is 13.8 Å². The van der Waals surface area contributed by atoms with Crippen LogP contribution in [0.3, 0.4) is 0 Å². The van der Waals surface area contributed by atoms with Crippen molar-refractivity contribution in [1.82, 2.24) is 5.32 Å². The third kappa shape index (κ3) is 10.9. The summed E-state index contributed by atoms with van der Waals surface area (Å²) in [4.78, 5) is 9.58. The Morgan fingerprint density at radius 2 is 1.58 bits per heavy atom. The number of amides is 1. The van der Waals surface area contributed by atoms with Crippen LogP contribution in [-0.2, 0) is 14.9 Å². The highest BCUT2D eigenvalue weighted by molar-refractivity contribution is 7.87. The van der Waals surface area contributed by atoms with E-state index in [0.717, 1.165) is 4.48 Å². The summed E-state index contributed by atoms with van der Waals surface area (Å²) < 4.78 is 33.2. The molecule has 1 atom stereocenters. The van der Waals surface area contributed by atoms with Gasteiger partial charge in [0.05, 0.1) is 28.2 Å². The quantitative estimate of drug-likeness (QED) is 0.613. The molecule has 0 aromatic carbocycles. The maximum atomic E-state index is 11.3. The fourth-order valence-corrected chi connectivity index (χ4v) is 0.893. The average molecular weight is 296 g/mol. The van der Waals surface area contributed by atoms with Crippen LogP contribution >= 0.6 is 0 Å². The van der Waals surface area contributed by atoms with Crippen LogP contribution in [0.5, 0.6) is 0 Å². The van der Waals surface area contributed by atoms with Gasteiger partial charge < -0.3 is 14.4 Å². The second-order valence-electron chi connectivity index (χ2n) is 6.45. The Hall–Kier alpha value is -0.660. The molecule has 0 radical (unpaired) electrons. The van der Waals surface area contributed by atoms with Crippen LogP contribution < -0.4 is 5.32 Å². The number of hydrogen-bond donors (Lipinski definition) is 1. The molecule has 0 aromatic rings. The van der Waals surface area contributed by atoms with Crippen LogP contribution in [0.1, 0.15) is 34.1 Å². The van der Waals surface area contributed by atoms with E-state index in [1.54, 1.807) is 6.92 Å². The predicted molar refractivity (Wildman–Crippen MR) is 75.3 cm³/mol. The number of rotatable bonds is 4. The smallest absolute Gasteiger partial charge is 0.223 e. The topological polar surface area (TPSA) is 86.3 Å². The summed E-state index contributed by atoms with van der Waals surface area (Å²) in [5.41, 5.74) is 0. The lowest BCUT2D eigenvalue weighted by Crippen LogP contribution is -2.50. The number of carbonyl (C=O) groups is 1. The Balaban J connectivity index is 0. The molecule has 0 rings (SSSR count). The van der Waals surface area contributed by atoms with Crippen LogP contribution in [0.4, 0.5) is 0 Å². The first-order valence-electron chi connectivity index (χ1n) is 6.18. The lowest BCUT2D eigenvalue weighted by molar-refractivity contribution is -0.849. The highest BCUT2D eigenvalue weighted by Crippen LogP contribution is 2.12. The summed E-state index contributed by atoms with van der Waals surface area (Å²) in [5.74, 6) is -0.715.